The van der Waals surface area contributed by atoms with Crippen LogP contribution in [0.3, 0.4) is 0 Å². The molecule has 2 rings (SSSR count). The molecule has 0 aromatic heterocycles. The van der Waals surface area contributed by atoms with Crippen LogP contribution in [0.4, 0.5) is 0 Å². The number of aryl methyl sites for hydroxylation is 1. The number of rotatable bonds is 0. The van der Waals surface area contributed by atoms with E-state index in [1.807, 2.05) is 19.1 Å². The lowest BCUT2D eigenvalue weighted by atomic mass is 10.0. The van der Waals surface area contributed by atoms with E-state index in [2.05, 4.69) is 17.4 Å². The highest BCUT2D eigenvalue weighted by Crippen LogP contribution is 2.21. The second-order valence-electron chi connectivity index (χ2n) is 3.49. The first-order valence-corrected chi connectivity index (χ1v) is 4.64. The fourth-order valence-corrected chi connectivity index (χ4v) is 1.82. The van der Waals surface area contributed by atoms with Gasteiger partial charge in [-0.25, -0.2) is 0 Å². The van der Waals surface area contributed by atoms with Crippen molar-refractivity contribution in [3.8, 4) is 0 Å². The molecule has 1 aromatic carbocycles. The third-order valence-electron chi connectivity index (χ3n) is 2.52. The fraction of sp³-hybridized carbons (Fsp3) is 0.364. The van der Waals surface area contributed by atoms with Crippen molar-refractivity contribution in [3.63, 3.8) is 0 Å². The first-order chi connectivity index (χ1) is 6.27. The molecule has 0 saturated heterocycles. The standard InChI is InChI=1S/C11H13NO/c1-8-10-5-3-2-4-9(10)6-7-11(13)12-8/h2-5,8H,6-7H2,1H3,(H,12,13)/t8-/m1/s1. The first-order valence-electron chi connectivity index (χ1n) is 4.64. The molecule has 0 radical (unpaired) electrons. The van der Waals surface area contributed by atoms with Crippen LogP contribution in [0.5, 0.6) is 0 Å². The summed E-state index contributed by atoms with van der Waals surface area (Å²) in [5.41, 5.74) is 2.56. The largest absolute Gasteiger partial charge is 0.350 e. The lowest BCUT2D eigenvalue weighted by Crippen LogP contribution is -2.24. The van der Waals surface area contributed by atoms with Gasteiger partial charge in [0.15, 0.2) is 0 Å². The van der Waals surface area contributed by atoms with E-state index in [1.54, 1.807) is 0 Å². The van der Waals surface area contributed by atoms with Gasteiger partial charge in [-0.2, -0.15) is 0 Å². The molecule has 0 fully saturated rings. The Morgan fingerprint density at radius 2 is 2.08 bits per heavy atom. The Bertz CT molecular complexity index is 333. The Labute approximate surface area is 78.0 Å². The average Bonchev–Trinajstić information content (AvgIpc) is 2.27. The third kappa shape index (κ3) is 1.57. The highest BCUT2D eigenvalue weighted by atomic mass is 16.1. The molecule has 1 atom stereocenters. The third-order valence-corrected chi connectivity index (χ3v) is 2.52. The molecule has 0 bridgehead atoms. The number of benzene rings is 1. The van der Waals surface area contributed by atoms with E-state index < -0.39 is 0 Å². The van der Waals surface area contributed by atoms with Crippen molar-refractivity contribution in [1.29, 1.82) is 0 Å². The Balaban J connectivity index is 2.40. The molecule has 1 amide bonds. The zero-order valence-corrected chi connectivity index (χ0v) is 7.71. The number of carbonyl (C=O) groups excluding carboxylic acids is 1. The number of hydrogen-bond donors (Lipinski definition) is 1. The molecule has 0 spiro atoms. The second kappa shape index (κ2) is 3.21. The molecule has 1 aliphatic rings. The minimum absolute atomic E-state index is 0.156. The van der Waals surface area contributed by atoms with E-state index in [0.717, 1.165) is 6.42 Å². The normalized spacial score (nSPS) is 21.6. The lowest BCUT2D eigenvalue weighted by molar-refractivity contribution is -0.121. The van der Waals surface area contributed by atoms with E-state index in [4.69, 9.17) is 0 Å². The van der Waals surface area contributed by atoms with Crippen LogP contribution in [0, 0.1) is 0 Å². The van der Waals surface area contributed by atoms with Crippen molar-refractivity contribution in [3.05, 3.63) is 35.4 Å². The Morgan fingerprint density at radius 1 is 1.31 bits per heavy atom. The zero-order valence-electron chi connectivity index (χ0n) is 7.71. The summed E-state index contributed by atoms with van der Waals surface area (Å²) in [6.45, 7) is 2.03. The van der Waals surface area contributed by atoms with Gasteiger partial charge in [0.1, 0.15) is 0 Å². The summed E-state index contributed by atoms with van der Waals surface area (Å²) in [7, 11) is 0. The molecule has 68 valence electrons. The molecule has 2 nitrogen and oxygen atoms in total. The van der Waals surface area contributed by atoms with Gasteiger partial charge >= 0.3 is 0 Å². The Morgan fingerprint density at radius 3 is 2.92 bits per heavy atom. The minimum Gasteiger partial charge on any atom is -0.350 e. The molecule has 1 N–H and O–H groups in total. The maximum Gasteiger partial charge on any atom is 0.220 e. The van der Waals surface area contributed by atoms with Gasteiger partial charge in [0.2, 0.25) is 5.91 Å². The molecule has 1 heterocycles. The average molecular weight is 175 g/mol. The van der Waals surface area contributed by atoms with Crippen LogP contribution in [-0.2, 0) is 11.2 Å². The van der Waals surface area contributed by atoms with E-state index in [0.29, 0.717) is 6.42 Å². The molecular formula is C11H13NO. The SMILES string of the molecule is C[C@H]1NC(=O)CCc2ccccc21. The van der Waals surface area contributed by atoms with Crippen molar-refractivity contribution in [2.24, 2.45) is 0 Å². The van der Waals surface area contributed by atoms with Gasteiger partial charge in [-0.05, 0) is 24.5 Å². The number of fused-ring (bicyclic) bond motifs is 1. The van der Waals surface area contributed by atoms with Crippen LogP contribution in [0.15, 0.2) is 24.3 Å². The van der Waals surface area contributed by atoms with E-state index in [1.165, 1.54) is 11.1 Å². The van der Waals surface area contributed by atoms with Crippen LogP contribution in [0.2, 0.25) is 0 Å². The Kier molecular flexibility index (Phi) is 2.05. The van der Waals surface area contributed by atoms with Gasteiger partial charge in [0, 0.05) is 6.42 Å². The number of carbonyl (C=O) groups is 1. The molecule has 1 aromatic rings. The number of amides is 1. The zero-order chi connectivity index (χ0) is 9.26. The summed E-state index contributed by atoms with van der Waals surface area (Å²) in [4.78, 5) is 11.3. The predicted molar refractivity (Wildman–Crippen MR) is 51.3 cm³/mol. The smallest absolute Gasteiger partial charge is 0.220 e. The van der Waals surface area contributed by atoms with Gasteiger partial charge in [-0.15, -0.1) is 0 Å². The molecular weight excluding hydrogens is 162 g/mol. The van der Waals surface area contributed by atoms with Crippen molar-refractivity contribution in [1.82, 2.24) is 5.32 Å². The van der Waals surface area contributed by atoms with Gasteiger partial charge in [0.25, 0.3) is 0 Å². The summed E-state index contributed by atoms with van der Waals surface area (Å²) in [5.74, 6) is 0.156. The van der Waals surface area contributed by atoms with Gasteiger partial charge in [0.05, 0.1) is 6.04 Å². The van der Waals surface area contributed by atoms with E-state index in [-0.39, 0.29) is 11.9 Å². The topological polar surface area (TPSA) is 29.1 Å². The van der Waals surface area contributed by atoms with E-state index in [9.17, 15) is 4.79 Å². The summed E-state index contributed by atoms with van der Waals surface area (Å²) < 4.78 is 0. The minimum atomic E-state index is 0.156. The van der Waals surface area contributed by atoms with Crippen LogP contribution >= 0.6 is 0 Å². The lowest BCUT2D eigenvalue weighted by Gasteiger charge is -2.12. The summed E-state index contributed by atoms with van der Waals surface area (Å²) >= 11 is 0. The van der Waals surface area contributed by atoms with Crippen molar-refractivity contribution in [2.45, 2.75) is 25.8 Å². The van der Waals surface area contributed by atoms with Crippen LogP contribution < -0.4 is 5.32 Å². The second-order valence-corrected chi connectivity index (χ2v) is 3.49. The Hall–Kier alpha value is -1.31. The van der Waals surface area contributed by atoms with Crippen molar-refractivity contribution >= 4 is 5.91 Å². The number of hydrogen-bond acceptors (Lipinski definition) is 1. The molecule has 2 heteroatoms. The highest BCUT2D eigenvalue weighted by Gasteiger charge is 2.17. The van der Waals surface area contributed by atoms with Crippen LogP contribution in [0.25, 0.3) is 0 Å². The maximum atomic E-state index is 11.3. The van der Waals surface area contributed by atoms with Gasteiger partial charge in [-0.3, -0.25) is 4.79 Å². The van der Waals surface area contributed by atoms with Gasteiger partial charge < -0.3 is 5.32 Å². The summed E-state index contributed by atoms with van der Waals surface area (Å²) in [5, 5.41) is 2.96. The van der Waals surface area contributed by atoms with Crippen LogP contribution in [0.1, 0.15) is 30.5 Å². The molecule has 0 aliphatic carbocycles. The maximum absolute atomic E-state index is 11.3. The molecule has 13 heavy (non-hydrogen) atoms. The fourth-order valence-electron chi connectivity index (χ4n) is 1.82. The first kappa shape index (κ1) is 8.30. The van der Waals surface area contributed by atoms with E-state index >= 15 is 0 Å². The molecule has 1 aliphatic heterocycles. The monoisotopic (exact) mass is 175 g/mol. The predicted octanol–water partition coefficient (Wildman–Crippen LogP) is 1.81. The summed E-state index contributed by atoms with van der Waals surface area (Å²) in [6.07, 6.45) is 1.48. The van der Waals surface area contributed by atoms with Gasteiger partial charge in [-0.1, -0.05) is 24.3 Å². The molecule has 0 unspecified atom stereocenters. The van der Waals surface area contributed by atoms with Crippen molar-refractivity contribution < 1.29 is 4.79 Å². The summed E-state index contributed by atoms with van der Waals surface area (Å²) in [6, 6.07) is 8.40. The molecule has 0 saturated carbocycles. The quantitative estimate of drug-likeness (QED) is 0.640. The highest BCUT2D eigenvalue weighted by molar-refractivity contribution is 5.77. The van der Waals surface area contributed by atoms with Crippen molar-refractivity contribution in [2.75, 3.05) is 0 Å². The van der Waals surface area contributed by atoms with Crippen LogP contribution in [-0.4, -0.2) is 5.91 Å². The number of nitrogens with one attached hydrogen (secondary N) is 1.